The summed E-state index contributed by atoms with van der Waals surface area (Å²) in [6.45, 7) is 2.58. The van der Waals surface area contributed by atoms with Gasteiger partial charge in [-0.2, -0.15) is 0 Å². The standard InChI is InChI=1S/C16H17Cl2NO/c1-2-20-16-6-4-3-5-12(16)15(19)10-11-7-8-13(17)14(18)9-11/h3-9,15H,2,10,19H2,1H3. The zero-order valence-electron chi connectivity index (χ0n) is 11.3. The van der Waals surface area contributed by atoms with E-state index in [-0.39, 0.29) is 6.04 Å². The highest BCUT2D eigenvalue weighted by atomic mass is 35.5. The van der Waals surface area contributed by atoms with Gasteiger partial charge in [-0.15, -0.1) is 0 Å². The highest BCUT2D eigenvalue weighted by Crippen LogP contribution is 2.28. The van der Waals surface area contributed by atoms with Crippen molar-refractivity contribution in [3.05, 3.63) is 63.6 Å². The van der Waals surface area contributed by atoms with Gasteiger partial charge in [0.05, 0.1) is 16.7 Å². The van der Waals surface area contributed by atoms with Crippen LogP contribution in [0.1, 0.15) is 24.1 Å². The second-order valence-electron chi connectivity index (χ2n) is 4.53. The lowest BCUT2D eigenvalue weighted by molar-refractivity contribution is 0.334. The molecule has 2 aromatic carbocycles. The molecule has 0 saturated heterocycles. The first-order chi connectivity index (χ1) is 9.61. The lowest BCUT2D eigenvalue weighted by Gasteiger charge is -2.16. The first-order valence-electron chi connectivity index (χ1n) is 6.53. The SMILES string of the molecule is CCOc1ccccc1C(N)Cc1ccc(Cl)c(Cl)c1. The summed E-state index contributed by atoms with van der Waals surface area (Å²) in [5.41, 5.74) is 8.34. The third kappa shape index (κ3) is 3.66. The summed E-state index contributed by atoms with van der Waals surface area (Å²) in [4.78, 5) is 0. The Kier molecular flexibility index (Phi) is 5.30. The monoisotopic (exact) mass is 309 g/mol. The minimum Gasteiger partial charge on any atom is -0.494 e. The molecule has 0 aliphatic carbocycles. The van der Waals surface area contributed by atoms with E-state index in [0.29, 0.717) is 23.1 Å². The van der Waals surface area contributed by atoms with Gasteiger partial charge in [0, 0.05) is 11.6 Å². The Morgan fingerprint density at radius 2 is 1.85 bits per heavy atom. The maximum Gasteiger partial charge on any atom is 0.124 e. The van der Waals surface area contributed by atoms with Crippen LogP contribution in [-0.4, -0.2) is 6.61 Å². The van der Waals surface area contributed by atoms with Gasteiger partial charge in [0.15, 0.2) is 0 Å². The van der Waals surface area contributed by atoms with Crippen molar-refractivity contribution in [2.24, 2.45) is 5.73 Å². The smallest absolute Gasteiger partial charge is 0.124 e. The third-order valence-corrected chi connectivity index (χ3v) is 3.80. The fourth-order valence-corrected chi connectivity index (χ4v) is 2.42. The van der Waals surface area contributed by atoms with Gasteiger partial charge < -0.3 is 10.5 Å². The normalized spacial score (nSPS) is 12.2. The molecule has 1 atom stereocenters. The molecule has 0 heterocycles. The molecule has 0 bridgehead atoms. The van der Waals surface area contributed by atoms with E-state index in [1.54, 1.807) is 6.07 Å². The van der Waals surface area contributed by atoms with Crippen LogP contribution in [0.4, 0.5) is 0 Å². The van der Waals surface area contributed by atoms with Gasteiger partial charge in [-0.25, -0.2) is 0 Å². The highest BCUT2D eigenvalue weighted by Gasteiger charge is 2.13. The third-order valence-electron chi connectivity index (χ3n) is 3.06. The molecule has 0 fully saturated rings. The number of hydrogen-bond donors (Lipinski definition) is 1. The maximum atomic E-state index is 6.29. The molecule has 2 rings (SSSR count). The molecule has 0 spiro atoms. The minimum atomic E-state index is -0.144. The molecule has 0 aromatic heterocycles. The molecule has 0 aliphatic rings. The molecular formula is C16H17Cl2NO. The van der Waals surface area contributed by atoms with Crippen LogP contribution in [0.3, 0.4) is 0 Å². The van der Waals surface area contributed by atoms with E-state index >= 15 is 0 Å². The molecule has 20 heavy (non-hydrogen) atoms. The van der Waals surface area contributed by atoms with Gasteiger partial charge in [-0.1, -0.05) is 47.5 Å². The first-order valence-corrected chi connectivity index (χ1v) is 7.28. The number of halogens is 2. The Morgan fingerprint density at radius 1 is 1.10 bits per heavy atom. The lowest BCUT2D eigenvalue weighted by Crippen LogP contribution is -2.14. The van der Waals surface area contributed by atoms with Crippen molar-refractivity contribution in [1.29, 1.82) is 0 Å². The number of benzene rings is 2. The molecule has 2 N–H and O–H groups in total. The summed E-state index contributed by atoms with van der Waals surface area (Å²) in [6.07, 6.45) is 0.682. The number of para-hydroxylation sites is 1. The second-order valence-corrected chi connectivity index (χ2v) is 5.34. The molecule has 2 aromatic rings. The van der Waals surface area contributed by atoms with Crippen LogP contribution in [0.2, 0.25) is 10.0 Å². The number of hydrogen-bond acceptors (Lipinski definition) is 2. The lowest BCUT2D eigenvalue weighted by atomic mass is 9.99. The Bertz CT molecular complexity index is 586. The van der Waals surface area contributed by atoms with E-state index in [0.717, 1.165) is 16.9 Å². The maximum absolute atomic E-state index is 6.29. The summed E-state index contributed by atoms with van der Waals surface area (Å²) in [5.74, 6) is 0.836. The Labute approximate surface area is 129 Å². The van der Waals surface area contributed by atoms with Crippen LogP contribution in [0.5, 0.6) is 5.75 Å². The van der Waals surface area contributed by atoms with Crippen LogP contribution in [0, 0.1) is 0 Å². The van der Waals surface area contributed by atoms with Gasteiger partial charge >= 0.3 is 0 Å². The van der Waals surface area contributed by atoms with E-state index < -0.39 is 0 Å². The van der Waals surface area contributed by atoms with E-state index in [4.69, 9.17) is 33.7 Å². The Morgan fingerprint density at radius 3 is 2.55 bits per heavy atom. The van der Waals surface area contributed by atoms with E-state index in [1.807, 2.05) is 43.3 Å². The molecule has 106 valence electrons. The molecule has 2 nitrogen and oxygen atoms in total. The van der Waals surface area contributed by atoms with E-state index in [2.05, 4.69) is 0 Å². The van der Waals surface area contributed by atoms with Gasteiger partial charge in [0.1, 0.15) is 5.75 Å². The molecule has 0 saturated carbocycles. The zero-order chi connectivity index (χ0) is 14.5. The van der Waals surface area contributed by atoms with Gasteiger partial charge in [0.2, 0.25) is 0 Å². The van der Waals surface area contributed by atoms with Crippen molar-refractivity contribution in [3.8, 4) is 5.75 Å². The van der Waals surface area contributed by atoms with Crippen molar-refractivity contribution < 1.29 is 4.74 Å². The zero-order valence-corrected chi connectivity index (χ0v) is 12.8. The van der Waals surface area contributed by atoms with Crippen LogP contribution in [0.15, 0.2) is 42.5 Å². The van der Waals surface area contributed by atoms with Crippen LogP contribution in [-0.2, 0) is 6.42 Å². The van der Waals surface area contributed by atoms with Crippen molar-refractivity contribution in [2.75, 3.05) is 6.61 Å². The number of rotatable bonds is 5. The predicted molar refractivity (Wildman–Crippen MR) is 84.7 cm³/mol. The average Bonchev–Trinajstić information content (AvgIpc) is 2.44. The fourth-order valence-electron chi connectivity index (χ4n) is 2.10. The fraction of sp³-hybridized carbons (Fsp3) is 0.250. The first kappa shape index (κ1) is 15.2. The average molecular weight is 310 g/mol. The molecule has 1 unspecified atom stereocenters. The molecule has 0 aliphatic heterocycles. The van der Waals surface area contributed by atoms with Crippen molar-refractivity contribution in [1.82, 2.24) is 0 Å². The summed E-state index contributed by atoms with van der Waals surface area (Å²) in [6, 6.07) is 13.3. The van der Waals surface area contributed by atoms with E-state index in [9.17, 15) is 0 Å². The summed E-state index contributed by atoms with van der Waals surface area (Å²) in [7, 11) is 0. The van der Waals surface area contributed by atoms with Crippen molar-refractivity contribution in [3.63, 3.8) is 0 Å². The number of ether oxygens (including phenoxy) is 1. The van der Waals surface area contributed by atoms with Crippen LogP contribution >= 0.6 is 23.2 Å². The van der Waals surface area contributed by atoms with Crippen molar-refractivity contribution >= 4 is 23.2 Å². The van der Waals surface area contributed by atoms with Gasteiger partial charge in [-0.05, 0) is 37.1 Å². The topological polar surface area (TPSA) is 35.2 Å². The second kappa shape index (κ2) is 6.98. The molecule has 4 heteroatoms. The van der Waals surface area contributed by atoms with Crippen LogP contribution < -0.4 is 10.5 Å². The minimum absolute atomic E-state index is 0.144. The number of nitrogens with two attached hydrogens (primary N) is 1. The Balaban J connectivity index is 2.19. The Hall–Kier alpha value is -1.22. The van der Waals surface area contributed by atoms with Crippen LogP contribution in [0.25, 0.3) is 0 Å². The largest absolute Gasteiger partial charge is 0.494 e. The van der Waals surface area contributed by atoms with Gasteiger partial charge in [0.25, 0.3) is 0 Å². The van der Waals surface area contributed by atoms with Gasteiger partial charge in [-0.3, -0.25) is 0 Å². The summed E-state index contributed by atoms with van der Waals surface area (Å²) in [5, 5.41) is 1.10. The highest BCUT2D eigenvalue weighted by molar-refractivity contribution is 6.42. The van der Waals surface area contributed by atoms with Crippen molar-refractivity contribution in [2.45, 2.75) is 19.4 Å². The summed E-state index contributed by atoms with van der Waals surface area (Å²) >= 11 is 11.9. The quantitative estimate of drug-likeness (QED) is 0.873. The van der Waals surface area contributed by atoms with E-state index in [1.165, 1.54) is 0 Å². The molecule has 0 amide bonds. The molecular weight excluding hydrogens is 293 g/mol. The molecule has 0 radical (unpaired) electrons. The summed E-state index contributed by atoms with van der Waals surface area (Å²) < 4.78 is 5.61. The predicted octanol–water partition coefficient (Wildman–Crippen LogP) is 4.63.